The van der Waals surface area contributed by atoms with Crippen molar-refractivity contribution in [3.8, 4) is 0 Å². The van der Waals surface area contributed by atoms with E-state index in [4.69, 9.17) is 0 Å². The highest BCUT2D eigenvalue weighted by molar-refractivity contribution is 5.97. The third-order valence-corrected chi connectivity index (χ3v) is 4.10. The number of hydrogen-bond donors (Lipinski definition) is 1. The van der Waals surface area contributed by atoms with E-state index in [2.05, 4.69) is 19.2 Å². The monoisotopic (exact) mass is 274 g/mol. The van der Waals surface area contributed by atoms with Gasteiger partial charge in [0, 0.05) is 12.2 Å². The fourth-order valence-electron chi connectivity index (χ4n) is 2.84. The van der Waals surface area contributed by atoms with E-state index >= 15 is 0 Å². The number of rotatable bonds is 5. The van der Waals surface area contributed by atoms with Gasteiger partial charge in [0.25, 0.3) is 0 Å². The van der Waals surface area contributed by atoms with Crippen molar-refractivity contribution < 1.29 is 4.79 Å². The van der Waals surface area contributed by atoms with Gasteiger partial charge in [0.1, 0.15) is 0 Å². The van der Waals surface area contributed by atoms with Crippen molar-refractivity contribution >= 4 is 11.6 Å². The van der Waals surface area contributed by atoms with Gasteiger partial charge in [-0.3, -0.25) is 4.79 Å². The fraction of sp³-hybridized carbons (Fsp3) is 0.588. The summed E-state index contributed by atoms with van der Waals surface area (Å²) in [6.07, 6.45) is 4.46. The smallest absolute Gasteiger partial charge is 0.244 e. The van der Waals surface area contributed by atoms with Gasteiger partial charge in [-0.05, 0) is 43.9 Å². The lowest BCUT2D eigenvalue weighted by molar-refractivity contribution is -0.122. The predicted octanol–water partition coefficient (Wildman–Crippen LogP) is 3.21. The molecule has 0 aromatic heterocycles. The van der Waals surface area contributed by atoms with Crippen LogP contribution < -0.4 is 10.2 Å². The Labute approximate surface area is 122 Å². The summed E-state index contributed by atoms with van der Waals surface area (Å²) in [6, 6.07) is 10.0. The van der Waals surface area contributed by atoms with E-state index in [1.807, 2.05) is 35.2 Å². The lowest BCUT2D eigenvalue weighted by Gasteiger charge is -2.34. The minimum absolute atomic E-state index is 0.0270. The third-order valence-electron chi connectivity index (χ3n) is 4.10. The van der Waals surface area contributed by atoms with Crippen molar-refractivity contribution in [1.29, 1.82) is 0 Å². The number of piperidine rings is 1. The zero-order valence-electron chi connectivity index (χ0n) is 12.6. The zero-order chi connectivity index (χ0) is 14.4. The zero-order valence-corrected chi connectivity index (χ0v) is 12.6. The second-order valence-corrected chi connectivity index (χ2v) is 5.73. The topological polar surface area (TPSA) is 32.3 Å². The van der Waals surface area contributed by atoms with Gasteiger partial charge >= 0.3 is 0 Å². The van der Waals surface area contributed by atoms with Gasteiger partial charge in [0.15, 0.2) is 0 Å². The average Bonchev–Trinajstić information content (AvgIpc) is 2.49. The Morgan fingerprint density at radius 2 is 2.10 bits per heavy atom. The second-order valence-electron chi connectivity index (χ2n) is 5.73. The molecule has 0 saturated carbocycles. The largest absolute Gasteiger partial charge is 0.311 e. The SMILES string of the molecule is CCCCN(C(=O)C1NCCCC1C)c1ccccc1. The maximum atomic E-state index is 12.9. The van der Waals surface area contributed by atoms with E-state index in [1.165, 1.54) is 6.42 Å². The number of unbranched alkanes of at least 4 members (excludes halogenated alkanes) is 1. The summed E-state index contributed by atoms with van der Waals surface area (Å²) in [5.41, 5.74) is 1.02. The Kier molecular flexibility index (Phi) is 5.60. The summed E-state index contributed by atoms with van der Waals surface area (Å²) in [6.45, 7) is 6.11. The fourth-order valence-corrected chi connectivity index (χ4v) is 2.84. The minimum atomic E-state index is -0.0270. The van der Waals surface area contributed by atoms with Gasteiger partial charge in [-0.25, -0.2) is 0 Å². The number of nitrogens with one attached hydrogen (secondary N) is 1. The highest BCUT2D eigenvalue weighted by Crippen LogP contribution is 2.21. The molecule has 1 amide bonds. The molecule has 2 atom stereocenters. The van der Waals surface area contributed by atoms with Gasteiger partial charge in [-0.15, -0.1) is 0 Å². The quantitative estimate of drug-likeness (QED) is 0.894. The summed E-state index contributed by atoms with van der Waals surface area (Å²) in [4.78, 5) is 14.8. The molecule has 0 spiro atoms. The van der Waals surface area contributed by atoms with Crippen LogP contribution in [0.3, 0.4) is 0 Å². The van der Waals surface area contributed by atoms with E-state index in [0.717, 1.165) is 38.0 Å². The molecule has 1 saturated heterocycles. The summed E-state index contributed by atoms with van der Waals surface area (Å²) < 4.78 is 0. The Morgan fingerprint density at radius 1 is 1.35 bits per heavy atom. The van der Waals surface area contributed by atoms with Gasteiger partial charge in [0.05, 0.1) is 6.04 Å². The number of para-hydroxylation sites is 1. The Morgan fingerprint density at radius 3 is 2.75 bits per heavy atom. The molecule has 1 aliphatic heterocycles. The van der Waals surface area contributed by atoms with Crippen LogP contribution in [0.2, 0.25) is 0 Å². The minimum Gasteiger partial charge on any atom is -0.311 e. The molecular weight excluding hydrogens is 248 g/mol. The third kappa shape index (κ3) is 3.60. The van der Waals surface area contributed by atoms with E-state index in [1.54, 1.807) is 0 Å². The van der Waals surface area contributed by atoms with Crippen LogP contribution in [0.15, 0.2) is 30.3 Å². The lowest BCUT2D eigenvalue weighted by atomic mass is 9.91. The molecular formula is C17H26N2O. The molecule has 3 heteroatoms. The number of hydrogen-bond acceptors (Lipinski definition) is 2. The summed E-state index contributed by atoms with van der Waals surface area (Å²) in [7, 11) is 0. The van der Waals surface area contributed by atoms with Crippen LogP contribution in [0.25, 0.3) is 0 Å². The molecule has 20 heavy (non-hydrogen) atoms. The molecule has 110 valence electrons. The van der Waals surface area contributed by atoms with Crippen molar-refractivity contribution in [1.82, 2.24) is 5.32 Å². The van der Waals surface area contributed by atoms with E-state index in [0.29, 0.717) is 5.92 Å². The number of carbonyl (C=O) groups is 1. The molecule has 0 aliphatic carbocycles. The normalized spacial score (nSPS) is 22.5. The molecule has 1 N–H and O–H groups in total. The molecule has 2 unspecified atom stereocenters. The summed E-state index contributed by atoms with van der Waals surface area (Å²) in [5.74, 6) is 0.654. The first-order valence-electron chi connectivity index (χ1n) is 7.84. The number of benzene rings is 1. The highest BCUT2D eigenvalue weighted by atomic mass is 16.2. The van der Waals surface area contributed by atoms with Crippen molar-refractivity contribution in [2.45, 2.75) is 45.6 Å². The lowest BCUT2D eigenvalue weighted by Crippen LogP contribution is -2.52. The molecule has 1 aromatic rings. The van der Waals surface area contributed by atoms with Crippen LogP contribution in [0, 0.1) is 5.92 Å². The van der Waals surface area contributed by atoms with Gasteiger partial charge in [-0.2, -0.15) is 0 Å². The number of anilines is 1. The van der Waals surface area contributed by atoms with Crippen LogP contribution in [-0.4, -0.2) is 25.0 Å². The maximum absolute atomic E-state index is 12.9. The average molecular weight is 274 g/mol. The van der Waals surface area contributed by atoms with Crippen molar-refractivity contribution in [3.05, 3.63) is 30.3 Å². The maximum Gasteiger partial charge on any atom is 0.244 e. The number of carbonyl (C=O) groups excluding carboxylic acids is 1. The molecule has 1 heterocycles. The first-order valence-corrected chi connectivity index (χ1v) is 7.84. The van der Waals surface area contributed by atoms with E-state index < -0.39 is 0 Å². The molecule has 1 aromatic carbocycles. The van der Waals surface area contributed by atoms with E-state index in [-0.39, 0.29) is 11.9 Å². The summed E-state index contributed by atoms with van der Waals surface area (Å²) >= 11 is 0. The van der Waals surface area contributed by atoms with Gasteiger partial charge in [0.2, 0.25) is 5.91 Å². The van der Waals surface area contributed by atoms with Crippen molar-refractivity contribution in [2.75, 3.05) is 18.0 Å². The van der Waals surface area contributed by atoms with Crippen LogP contribution in [-0.2, 0) is 4.79 Å². The summed E-state index contributed by atoms with van der Waals surface area (Å²) in [5, 5.41) is 3.40. The molecule has 3 nitrogen and oxygen atoms in total. The van der Waals surface area contributed by atoms with Crippen LogP contribution in [0.1, 0.15) is 39.5 Å². The first-order chi connectivity index (χ1) is 9.74. The molecule has 2 rings (SSSR count). The highest BCUT2D eigenvalue weighted by Gasteiger charge is 2.31. The van der Waals surface area contributed by atoms with Crippen LogP contribution in [0.5, 0.6) is 0 Å². The van der Waals surface area contributed by atoms with Crippen molar-refractivity contribution in [2.24, 2.45) is 5.92 Å². The Bertz CT molecular complexity index is 418. The van der Waals surface area contributed by atoms with Crippen molar-refractivity contribution in [3.63, 3.8) is 0 Å². The first kappa shape index (κ1) is 15.0. The Hall–Kier alpha value is -1.35. The standard InChI is InChI=1S/C17H26N2O/c1-3-4-13-19(15-10-6-5-7-11-15)17(20)16-14(2)9-8-12-18-16/h5-7,10-11,14,16,18H,3-4,8-9,12-13H2,1-2H3. The van der Waals surface area contributed by atoms with Gasteiger partial charge < -0.3 is 10.2 Å². The second kappa shape index (κ2) is 7.44. The Balaban J connectivity index is 2.15. The molecule has 1 fully saturated rings. The van der Waals surface area contributed by atoms with Crippen LogP contribution in [0.4, 0.5) is 5.69 Å². The van der Waals surface area contributed by atoms with E-state index in [9.17, 15) is 4.79 Å². The number of amides is 1. The predicted molar refractivity (Wildman–Crippen MR) is 83.9 cm³/mol. The molecule has 0 bridgehead atoms. The van der Waals surface area contributed by atoms with Crippen LogP contribution >= 0.6 is 0 Å². The number of nitrogens with zero attached hydrogens (tertiary/aromatic N) is 1. The molecule has 0 radical (unpaired) electrons. The van der Waals surface area contributed by atoms with Gasteiger partial charge in [-0.1, -0.05) is 38.5 Å². The molecule has 1 aliphatic rings.